The molecule has 0 saturated carbocycles. The highest BCUT2D eigenvalue weighted by molar-refractivity contribution is 6.30. The number of aryl methyl sites for hydroxylation is 1. The van der Waals surface area contributed by atoms with Crippen molar-refractivity contribution >= 4 is 34.8 Å². The number of benzene rings is 2. The smallest absolute Gasteiger partial charge is 0.251 e. The maximum Gasteiger partial charge on any atom is 0.251 e. The van der Waals surface area contributed by atoms with Crippen LogP contribution in [0.25, 0.3) is 0 Å². The summed E-state index contributed by atoms with van der Waals surface area (Å²) in [6.45, 7) is 4.95. The molecule has 146 valence electrons. The summed E-state index contributed by atoms with van der Waals surface area (Å²) < 4.78 is 13.2. The van der Waals surface area contributed by atoms with Crippen LogP contribution in [-0.4, -0.2) is 48.9 Å². The summed E-state index contributed by atoms with van der Waals surface area (Å²) in [6, 6.07) is 10.8. The summed E-state index contributed by atoms with van der Waals surface area (Å²) in [7, 11) is 0. The third kappa shape index (κ3) is 3.50. The number of imide groups is 1. The van der Waals surface area contributed by atoms with Crippen LogP contribution in [0.1, 0.15) is 12.0 Å². The van der Waals surface area contributed by atoms with E-state index in [1.807, 2.05) is 18.2 Å². The van der Waals surface area contributed by atoms with E-state index in [0.717, 1.165) is 24.3 Å². The molecule has 2 aliphatic heterocycles. The van der Waals surface area contributed by atoms with Crippen molar-refractivity contribution in [1.82, 2.24) is 4.90 Å². The summed E-state index contributed by atoms with van der Waals surface area (Å²) in [5.74, 6) is -0.870. The molecule has 0 aromatic heterocycles. The lowest BCUT2D eigenvalue weighted by atomic mass is 10.1. The first-order chi connectivity index (χ1) is 13.4. The van der Waals surface area contributed by atoms with Gasteiger partial charge in [0.15, 0.2) is 0 Å². The Kier molecular flexibility index (Phi) is 5.08. The van der Waals surface area contributed by atoms with E-state index in [1.54, 1.807) is 0 Å². The number of hydrogen-bond donors (Lipinski definition) is 0. The van der Waals surface area contributed by atoms with Crippen LogP contribution in [0.5, 0.6) is 0 Å². The molecule has 28 heavy (non-hydrogen) atoms. The second-order valence-electron chi connectivity index (χ2n) is 7.22. The summed E-state index contributed by atoms with van der Waals surface area (Å²) >= 11 is 6.14. The second-order valence-corrected chi connectivity index (χ2v) is 7.65. The fourth-order valence-corrected chi connectivity index (χ4v) is 4.13. The first kappa shape index (κ1) is 18.9. The molecule has 2 aromatic carbocycles. The number of nitrogens with zero attached hydrogens (tertiary/aromatic N) is 3. The minimum absolute atomic E-state index is 0.159. The quantitative estimate of drug-likeness (QED) is 0.741. The van der Waals surface area contributed by atoms with Crippen molar-refractivity contribution in [2.45, 2.75) is 19.4 Å². The van der Waals surface area contributed by atoms with Gasteiger partial charge in [0.1, 0.15) is 5.82 Å². The van der Waals surface area contributed by atoms with Crippen molar-refractivity contribution in [2.24, 2.45) is 0 Å². The van der Waals surface area contributed by atoms with Crippen LogP contribution in [0.2, 0.25) is 5.02 Å². The van der Waals surface area contributed by atoms with Crippen LogP contribution in [0.15, 0.2) is 42.5 Å². The van der Waals surface area contributed by atoms with E-state index in [4.69, 9.17) is 11.6 Å². The van der Waals surface area contributed by atoms with E-state index >= 15 is 0 Å². The molecule has 2 aliphatic rings. The average Bonchev–Trinajstić information content (AvgIpc) is 2.99. The number of carbonyl (C=O) groups excluding carboxylic acids is 2. The lowest BCUT2D eigenvalue weighted by Gasteiger charge is -2.38. The molecule has 0 aliphatic carbocycles. The molecule has 7 heteroatoms. The van der Waals surface area contributed by atoms with Gasteiger partial charge in [0.2, 0.25) is 5.91 Å². The molecular weight excluding hydrogens is 381 g/mol. The lowest BCUT2D eigenvalue weighted by molar-refractivity contribution is -0.123. The molecule has 0 N–H and O–H groups in total. The highest BCUT2D eigenvalue weighted by Gasteiger charge is 2.43. The summed E-state index contributed by atoms with van der Waals surface area (Å²) in [4.78, 5) is 30.8. The van der Waals surface area contributed by atoms with Gasteiger partial charge in [-0.3, -0.25) is 14.5 Å². The van der Waals surface area contributed by atoms with Gasteiger partial charge in [-0.15, -0.1) is 0 Å². The molecule has 4 rings (SSSR count). The van der Waals surface area contributed by atoms with Crippen LogP contribution in [-0.2, 0) is 9.59 Å². The van der Waals surface area contributed by atoms with Gasteiger partial charge in [0.25, 0.3) is 5.91 Å². The maximum atomic E-state index is 13.2. The Morgan fingerprint density at radius 2 is 1.68 bits per heavy atom. The van der Waals surface area contributed by atoms with Crippen LogP contribution in [0.4, 0.5) is 15.8 Å². The second kappa shape index (κ2) is 7.53. The van der Waals surface area contributed by atoms with Crippen LogP contribution < -0.4 is 9.80 Å². The van der Waals surface area contributed by atoms with Crippen molar-refractivity contribution in [1.29, 1.82) is 0 Å². The Labute approximate surface area is 168 Å². The van der Waals surface area contributed by atoms with Gasteiger partial charge in [-0.05, 0) is 48.9 Å². The van der Waals surface area contributed by atoms with E-state index in [0.29, 0.717) is 23.8 Å². The van der Waals surface area contributed by atoms with Gasteiger partial charge in [-0.25, -0.2) is 9.29 Å². The highest BCUT2D eigenvalue weighted by Crippen LogP contribution is 2.29. The average molecular weight is 402 g/mol. The monoisotopic (exact) mass is 401 g/mol. The molecule has 0 bridgehead atoms. The van der Waals surface area contributed by atoms with Crippen molar-refractivity contribution < 1.29 is 14.0 Å². The highest BCUT2D eigenvalue weighted by atomic mass is 35.5. The van der Waals surface area contributed by atoms with E-state index in [-0.39, 0.29) is 18.2 Å². The topological polar surface area (TPSA) is 43.9 Å². The van der Waals surface area contributed by atoms with Crippen molar-refractivity contribution in [3.63, 3.8) is 0 Å². The normalized spacial score (nSPS) is 20.9. The molecule has 0 spiro atoms. The summed E-state index contributed by atoms with van der Waals surface area (Å²) in [5, 5.41) is 0.703. The Morgan fingerprint density at radius 3 is 2.36 bits per heavy atom. The first-order valence-electron chi connectivity index (χ1n) is 9.31. The van der Waals surface area contributed by atoms with Gasteiger partial charge in [-0.2, -0.15) is 0 Å². The van der Waals surface area contributed by atoms with Gasteiger partial charge in [0, 0.05) is 36.9 Å². The van der Waals surface area contributed by atoms with E-state index in [1.165, 1.54) is 29.2 Å². The largest absolute Gasteiger partial charge is 0.369 e. The summed E-state index contributed by atoms with van der Waals surface area (Å²) in [5.41, 5.74) is 2.69. The predicted molar refractivity (Wildman–Crippen MR) is 107 cm³/mol. The molecule has 1 unspecified atom stereocenters. The van der Waals surface area contributed by atoms with Crippen LogP contribution in [0.3, 0.4) is 0 Å². The van der Waals surface area contributed by atoms with Crippen LogP contribution in [0, 0.1) is 12.7 Å². The Hall–Kier alpha value is -2.44. The summed E-state index contributed by atoms with van der Waals surface area (Å²) in [6.07, 6.45) is 0.159. The Morgan fingerprint density at radius 1 is 1.00 bits per heavy atom. The third-order valence-corrected chi connectivity index (χ3v) is 5.71. The Balaban J connectivity index is 1.45. The number of carbonyl (C=O) groups is 2. The molecule has 2 heterocycles. The zero-order chi connectivity index (χ0) is 19.8. The number of anilines is 2. The molecule has 1 atom stereocenters. The Bertz CT molecular complexity index is 910. The fraction of sp³-hybridized carbons (Fsp3) is 0.333. The minimum Gasteiger partial charge on any atom is -0.369 e. The molecule has 2 saturated heterocycles. The predicted octanol–water partition coefficient (Wildman–Crippen LogP) is 3.24. The van der Waals surface area contributed by atoms with Gasteiger partial charge in [-0.1, -0.05) is 17.7 Å². The van der Waals surface area contributed by atoms with Gasteiger partial charge in [0.05, 0.1) is 18.2 Å². The van der Waals surface area contributed by atoms with Crippen LogP contribution >= 0.6 is 11.6 Å². The van der Waals surface area contributed by atoms with Gasteiger partial charge < -0.3 is 4.90 Å². The molecular formula is C21H21ClFN3O2. The SMILES string of the molecule is Cc1ccc(Cl)cc1N1CCN(C2CC(=O)N(c3ccc(F)cc3)C2=O)CC1. The molecule has 2 fully saturated rings. The standard InChI is InChI=1S/C21H21ClFN3O2/c1-14-2-3-15(22)12-18(14)24-8-10-25(11-9-24)19-13-20(27)26(21(19)28)17-6-4-16(23)5-7-17/h2-7,12,19H,8-11,13H2,1H3. The zero-order valence-corrected chi connectivity index (χ0v) is 16.3. The number of rotatable bonds is 3. The molecule has 2 amide bonds. The van der Waals surface area contributed by atoms with Crippen molar-refractivity contribution in [3.05, 3.63) is 58.9 Å². The van der Waals surface area contributed by atoms with E-state index in [9.17, 15) is 14.0 Å². The zero-order valence-electron chi connectivity index (χ0n) is 15.6. The molecule has 5 nitrogen and oxygen atoms in total. The molecule has 2 aromatic rings. The number of halogens is 2. The van der Waals surface area contributed by atoms with Crippen molar-refractivity contribution in [2.75, 3.05) is 36.0 Å². The van der Waals surface area contributed by atoms with Gasteiger partial charge >= 0.3 is 0 Å². The van der Waals surface area contributed by atoms with E-state index < -0.39 is 11.9 Å². The van der Waals surface area contributed by atoms with E-state index in [2.05, 4.69) is 16.7 Å². The third-order valence-electron chi connectivity index (χ3n) is 5.47. The number of hydrogen-bond acceptors (Lipinski definition) is 4. The number of amides is 2. The first-order valence-corrected chi connectivity index (χ1v) is 9.69. The molecule has 0 radical (unpaired) electrons. The lowest BCUT2D eigenvalue weighted by Crippen LogP contribution is -2.52. The number of piperazine rings is 1. The van der Waals surface area contributed by atoms with Crippen molar-refractivity contribution in [3.8, 4) is 0 Å². The minimum atomic E-state index is -0.458. The fourth-order valence-electron chi connectivity index (χ4n) is 3.96. The maximum absolute atomic E-state index is 13.2.